The van der Waals surface area contributed by atoms with Crippen molar-refractivity contribution in [3.63, 3.8) is 0 Å². The van der Waals surface area contributed by atoms with Gasteiger partial charge in [0.05, 0.1) is 11.3 Å². The molecule has 1 unspecified atom stereocenters. The molecule has 28 heavy (non-hydrogen) atoms. The van der Waals surface area contributed by atoms with E-state index in [0.29, 0.717) is 22.0 Å². The van der Waals surface area contributed by atoms with Gasteiger partial charge in [-0.1, -0.05) is 23.2 Å². The van der Waals surface area contributed by atoms with Crippen LogP contribution in [0.4, 0.5) is 0 Å². The number of carbonyl (C=O) groups is 3. The molecule has 2 aromatic rings. The summed E-state index contributed by atoms with van der Waals surface area (Å²) in [5, 5.41) is 5.89. The fraction of sp³-hybridized carbons (Fsp3) is 0.368. The third-order valence-corrected chi connectivity index (χ3v) is 6.50. The molecular weight excluding hydrogens is 421 g/mol. The number of carbonyl (C=O) groups excluding carboxylic acids is 3. The molecule has 3 amide bonds. The van der Waals surface area contributed by atoms with E-state index in [1.165, 1.54) is 11.5 Å². The molecule has 1 saturated heterocycles. The van der Waals surface area contributed by atoms with Crippen LogP contribution >= 0.6 is 34.7 Å². The second-order valence-corrected chi connectivity index (χ2v) is 8.81. The Bertz CT molecular complexity index is 906. The van der Waals surface area contributed by atoms with E-state index in [9.17, 15) is 14.4 Å². The summed E-state index contributed by atoms with van der Waals surface area (Å²) in [6, 6.07) is 5.20. The van der Waals surface area contributed by atoms with Gasteiger partial charge in [-0.2, -0.15) is 0 Å². The molecule has 3 rings (SSSR count). The van der Waals surface area contributed by atoms with Gasteiger partial charge in [0.2, 0.25) is 17.7 Å². The summed E-state index contributed by atoms with van der Waals surface area (Å²) in [5.41, 5.74) is 0.523. The minimum Gasteiger partial charge on any atom is -0.351 e. The summed E-state index contributed by atoms with van der Waals surface area (Å²) in [5.74, 6) is -1.39. The molecule has 2 N–H and O–H groups in total. The first-order valence-electron chi connectivity index (χ1n) is 8.71. The topological polar surface area (TPSA) is 88.2 Å². The number of halogens is 2. The van der Waals surface area contributed by atoms with E-state index in [4.69, 9.17) is 23.2 Å². The second-order valence-electron chi connectivity index (χ2n) is 7.16. The molecule has 2 heterocycles. The number of hydrogen-bond donors (Lipinski definition) is 2. The average Bonchev–Trinajstić information content (AvgIpc) is 3.16. The van der Waals surface area contributed by atoms with Crippen molar-refractivity contribution in [3.05, 3.63) is 50.4 Å². The highest BCUT2D eigenvalue weighted by Crippen LogP contribution is 2.37. The summed E-state index contributed by atoms with van der Waals surface area (Å²) < 4.78 is 4.05. The maximum absolute atomic E-state index is 12.6. The Morgan fingerprint density at radius 1 is 1.32 bits per heavy atom. The largest absolute Gasteiger partial charge is 0.351 e. The van der Waals surface area contributed by atoms with Crippen LogP contribution in [-0.2, 0) is 26.3 Å². The van der Waals surface area contributed by atoms with Crippen LogP contribution in [0.2, 0.25) is 10.0 Å². The van der Waals surface area contributed by atoms with Crippen LogP contribution in [0.5, 0.6) is 0 Å². The Morgan fingerprint density at radius 2 is 2.00 bits per heavy atom. The van der Waals surface area contributed by atoms with Gasteiger partial charge in [-0.25, -0.2) is 4.37 Å². The van der Waals surface area contributed by atoms with Gasteiger partial charge in [-0.3, -0.25) is 19.7 Å². The van der Waals surface area contributed by atoms with Gasteiger partial charge in [0.25, 0.3) is 0 Å². The van der Waals surface area contributed by atoms with Crippen LogP contribution in [0.25, 0.3) is 0 Å². The zero-order valence-corrected chi connectivity index (χ0v) is 17.7. The van der Waals surface area contributed by atoms with Crippen LogP contribution in [-0.4, -0.2) is 22.1 Å². The van der Waals surface area contributed by atoms with Crippen molar-refractivity contribution in [3.8, 4) is 0 Å². The van der Waals surface area contributed by atoms with Gasteiger partial charge in [0.15, 0.2) is 0 Å². The molecule has 0 radical (unpaired) electrons. The quantitative estimate of drug-likeness (QED) is 0.696. The lowest BCUT2D eigenvalue weighted by molar-refractivity contribution is -0.134. The van der Waals surface area contributed by atoms with E-state index < -0.39 is 17.2 Å². The van der Waals surface area contributed by atoms with Crippen molar-refractivity contribution in [1.29, 1.82) is 0 Å². The van der Waals surface area contributed by atoms with Crippen LogP contribution in [0.3, 0.4) is 0 Å². The third-order valence-electron chi connectivity index (χ3n) is 4.80. The number of hydrogen-bond acceptors (Lipinski definition) is 5. The van der Waals surface area contributed by atoms with Crippen molar-refractivity contribution >= 4 is 52.5 Å². The van der Waals surface area contributed by atoms with E-state index in [2.05, 4.69) is 15.0 Å². The lowest BCUT2D eigenvalue weighted by Crippen LogP contribution is -2.40. The lowest BCUT2D eigenvalue weighted by Gasteiger charge is -2.24. The molecule has 0 aliphatic carbocycles. The standard InChI is InChI=1S/C19H19Cl2N3O3S/c1-19(2,14-5-6-23-28-14)18(27)22-9-10-7-12(20)16(13(21)8-10)11-3-4-15(25)24-17(11)26/h5-8,11H,3-4,9H2,1-2H3,(H,22,27)(H,24,25,26). The van der Waals surface area contributed by atoms with E-state index >= 15 is 0 Å². The predicted octanol–water partition coefficient (Wildman–Crippen LogP) is 3.56. The Hall–Kier alpha value is -1.96. The first kappa shape index (κ1) is 20.8. The second kappa shape index (κ2) is 8.19. The Kier molecular flexibility index (Phi) is 6.07. The number of nitrogens with zero attached hydrogens (tertiary/aromatic N) is 1. The van der Waals surface area contributed by atoms with Crippen LogP contribution in [0.15, 0.2) is 24.4 Å². The number of benzene rings is 1. The van der Waals surface area contributed by atoms with Crippen molar-refractivity contribution in [1.82, 2.24) is 15.0 Å². The highest BCUT2D eigenvalue weighted by molar-refractivity contribution is 7.06. The van der Waals surface area contributed by atoms with Gasteiger partial charge in [-0.15, -0.1) is 0 Å². The van der Waals surface area contributed by atoms with Crippen LogP contribution in [0, 0.1) is 0 Å². The minimum atomic E-state index is -0.707. The SMILES string of the molecule is CC(C)(C(=O)NCc1cc(Cl)c(C2CCC(=O)NC2=O)c(Cl)c1)c1ccns1. The number of rotatable bonds is 5. The first-order chi connectivity index (χ1) is 13.2. The smallest absolute Gasteiger partial charge is 0.234 e. The number of aromatic nitrogens is 1. The number of amides is 3. The van der Waals surface area contributed by atoms with E-state index in [1.807, 2.05) is 19.9 Å². The lowest BCUT2D eigenvalue weighted by atomic mass is 9.89. The molecule has 0 saturated carbocycles. The molecule has 1 aromatic heterocycles. The minimum absolute atomic E-state index is 0.141. The fourth-order valence-corrected chi connectivity index (χ4v) is 4.57. The number of piperidine rings is 1. The van der Waals surface area contributed by atoms with Gasteiger partial charge in [0.1, 0.15) is 0 Å². The number of imide groups is 1. The highest BCUT2D eigenvalue weighted by atomic mass is 35.5. The molecule has 0 bridgehead atoms. The molecular formula is C19H19Cl2N3O3S. The van der Waals surface area contributed by atoms with E-state index in [0.717, 1.165) is 10.4 Å². The zero-order valence-electron chi connectivity index (χ0n) is 15.3. The summed E-state index contributed by atoms with van der Waals surface area (Å²) >= 11 is 14.1. The van der Waals surface area contributed by atoms with Crippen molar-refractivity contribution in [2.45, 2.75) is 44.6 Å². The zero-order chi connectivity index (χ0) is 20.5. The van der Waals surface area contributed by atoms with Gasteiger partial charge in [-0.05, 0) is 55.6 Å². The van der Waals surface area contributed by atoms with Gasteiger partial charge < -0.3 is 5.32 Å². The molecule has 9 heteroatoms. The predicted molar refractivity (Wildman–Crippen MR) is 109 cm³/mol. The molecule has 1 aliphatic rings. The van der Waals surface area contributed by atoms with E-state index in [-0.39, 0.29) is 24.8 Å². The third kappa shape index (κ3) is 4.21. The fourth-order valence-electron chi connectivity index (χ4n) is 3.09. The van der Waals surface area contributed by atoms with E-state index in [1.54, 1.807) is 18.3 Å². The Balaban J connectivity index is 1.73. The van der Waals surface area contributed by atoms with Gasteiger partial charge in [0, 0.05) is 39.6 Å². The van der Waals surface area contributed by atoms with Crippen molar-refractivity contribution in [2.75, 3.05) is 0 Å². The van der Waals surface area contributed by atoms with Crippen molar-refractivity contribution in [2.24, 2.45) is 0 Å². The maximum Gasteiger partial charge on any atom is 0.234 e. The molecule has 1 atom stereocenters. The highest BCUT2D eigenvalue weighted by Gasteiger charge is 2.32. The summed E-state index contributed by atoms with van der Waals surface area (Å²) in [4.78, 5) is 37.0. The summed E-state index contributed by atoms with van der Waals surface area (Å²) in [6.45, 7) is 3.92. The summed E-state index contributed by atoms with van der Waals surface area (Å²) in [6.07, 6.45) is 2.28. The normalized spacial score (nSPS) is 17.4. The van der Waals surface area contributed by atoms with Crippen LogP contribution < -0.4 is 10.6 Å². The van der Waals surface area contributed by atoms with Crippen molar-refractivity contribution < 1.29 is 14.4 Å². The van der Waals surface area contributed by atoms with Crippen LogP contribution in [0.1, 0.15) is 48.6 Å². The molecule has 0 spiro atoms. The molecule has 6 nitrogen and oxygen atoms in total. The molecule has 148 valence electrons. The van der Waals surface area contributed by atoms with Gasteiger partial charge >= 0.3 is 0 Å². The Labute approximate surface area is 176 Å². The maximum atomic E-state index is 12.6. The summed E-state index contributed by atoms with van der Waals surface area (Å²) in [7, 11) is 0. The first-order valence-corrected chi connectivity index (χ1v) is 10.2. The molecule has 1 aromatic carbocycles. The monoisotopic (exact) mass is 439 g/mol. The number of nitrogens with one attached hydrogen (secondary N) is 2. The Morgan fingerprint density at radius 3 is 2.57 bits per heavy atom. The average molecular weight is 440 g/mol. The molecule has 1 aliphatic heterocycles. The molecule has 1 fully saturated rings.